The van der Waals surface area contributed by atoms with Gasteiger partial charge in [0.05, 0.1) is 0 Å². The molecule has 0 amide bonds. The first-order valence-corrected chi connectivity index (χ1v) is 8.03. The van der Waals surface area contributed by atoms with E-state index >= 15 is 0 Å². The summed E-state index contributed by atoms with van der Waals surface area (Å²) in [5.74, 6) is 0. The summed E-state index contributed by atoms with van der Waals surface area (Å²) in [4.78, 5) is 24.1. The van der Waals surface area contributed by atoms with Gasteiger partial charge in [-0.3, -0.25) is 9.59 Å². The van der Waals surface area contributed by atoms with Crippen LogP contribution < -0.4 is 0 Å². The van der Waals surface area contributed by atoms with Gasteiger partial charge < -0.3 is 0 Å². The topological polar surface area (TPSA) is 34.1 Å². The van der Waals surface area contributed by atoms with Gasteiger partial charge in [0.1, 0.15) is 0 Å². The minimum Gasteiger partial charge on any atom is -0.287 e. The van der Waals surface area contributed by atoms with Crippen LogP contribution in [0.4, 0.5) is 0 Å². The van der Waals surface area contributed by atoms with E-state index in [4.69, 9.17) is 0 Å². The second-order valence-electron chi connectivity index (χ2n) is 4.53. The van der Waals surface area contributed by atoms with Crippen molar-refractivity contribution in [2.24, 2.45) is 0 Å². The fourth-order valence-corrected chi connectivity index (χ4v) is 3.02. The largest absolute Gasteiger partial charge is 0.287 e. The van der Waals surface area contributed by atoms with E-state index in [9.17, 15) is 9.59 Å². The summed E-state index contributed by atoms with van der Waals surface area (Å²) in [6.45, 7) is 0. The van der Waals surface area contributed by atoms with E-state index in [0.29, 0.717) is 12.8 Å². The molecule has 0 N–H and O–H groups in total. The van der Waals surface area contributed by atoms with Crippen LogP contribution in [0.1, 0.15) is 11.1 Å². The lowest BCUT2D eigenvalue weighted by atomic mass is 10.2. The van der Waals surface area contributed by atoms with Crippen molar-refractivity contribution in [2.45, 2.75) is 22.6 Å². The van der Waals surface area contributed by atoms with Crippen molar-refractivity contribution in [3.63, 3.8) is 0 Å². The maximum absolute atomic E-state index is 10.9. The highest BCUT2D eigenvalue weighted by molar-refractivity contribution is 7.99. The third-order valence-corrected chi connectivity index (χ3v) is 4.13. The van der Waals surface area contributed by atoms with E-state index in [1.807, 2.05) is 48.5 Å². The van der Waals surface area contributed by atoms with Crippen molar-refractivity contribution in [3.05, 3.63) is 59.7 Å². The second-order valence-corrected chi connectivity index (χ2v) is 6.68. The van der Waals surface area contributed by atoms with Crippen molar-refractivity contribution in [3.8, 4) is 0 Å². The zero-order valence-electron chi connectivity index (χ0n) is 11.2. The highest BCUT2D eigenvalue weighted by Crippen LogP contribution is 2.28. The molecule has 0 saturated heterocycles. The Kier molecular flexibility index (Phi) is 5.96. The van der Waals surface area contributed by atoms with E-state index in [-0.39, 0.29) is 10.2 Å². The van der Waals surface area contributed by atoms with Crippen LogP contribution in [0.2, 0.25) is 0 Å². The zero-order valence-corrected chi connectivity index (χ0v) is 13.8. The minimum absolute atomic E-state index is 0.135. The monoisotopic (exact) mass is 334 g/mol. The van der Waals surface area contributed by atoms with Gasteiger partial charge in [0.25, 0.3) is 0 Å². The number of hydrogen-bond acceptors (Lipinski definition) is 3. The zero-order chi connectivity index (χ0) is 15.2. The number of benzene rings is 2. The van der Waals surface area contributed by atoms with Crippen LogP contribution in [-0.4, -0.2) is 10.2 Å². The van der Waals surface area contributed by atoms with Crippen molar-refractivity contribution in [2.75, 3.05) is 0 Å². The van der Waals surface area contributed by atoms with E-state index in [0.717, 1.165) is 20.9 Å². The summed E-state index contributed by atoms with van der Waals surface area (Å²) in [5, 5.41) is -0.269. The Bertz CT molecular complexity index is 576. The average Bonchev–Trinajstić information content (AvgIpc) is 2.42. The summed E-state index contributed by atoms with van der Waals surface area (Å²) in [6.07, 6.45) is 0.695. The smallest absolute Gasteiger partial charge is 0.190 e. The molecule has 0 radical (unpaired) electrons. The normalized spacial score (nSPS) is 10.4. The van der Waals surface area contributed by atoms with E-state index < -0.39 is 0 Å². The van der Waals surface area contributed by atoms with Gasteiger partial charge in [0.15, 0.2) is 10.2 Å². The Balaban J connectivity index is 2.01. The molecule has 108 valence electrons. The molecule has 2 aromatic carbocycles. The number of hydrogen-bond donors (Lipinski definition) is 2. The molecule has 0 saturated carbocycles. The molecule has 0 heterocycles. The predicted octanol–water partition coefficient (Wildman–Crippen LogP) is 3.84. The Hall–Kier alpha value is -1.17. The van der Waals surface area contributed by atoms with Crippen LogP contribution in [0, 0.1) is 0 Å². The lowest BCUT2D eigenvalue weighted by Gasteiger charge is -2.04. The van der Waals surface area contributed by atoms with Gasteiger partial charge in [-0.2, -0.15) is 0 Å². The molecule has 5 heteroatoms. The fourth-order valence-electron chi connectivity index (χ4n) is 1.84. The van der Waals surface area contributed by atoms with Crippen molar-refractivity contribution < 1.29 is 9.59 Å². The molecule has 0 aromatic heterocycles. The minimum atomic E-state index is -0.135. The summed E-state index contributed by atoms with van der Waals surface area (Å²) in [6, 6.07) is 15.7. The standard InChI is InChI=1S/C16H14O2S3/c17-15(19)9-11-1-5-13(6-2-11)21-14-7-3-12(4-8-14)10-16(18)20/h1-8H,9-10H2,(H,17,19)(H,18,20). The Morgan fingerprint density at radius 1 is 0.714 bits per heavy atom. The number of carbonyl (C=O) groups is 2. The van der Waals surface area contributed by atoms with Gasteiger partial charge in [0.2, 0.25) is 0 Å². The van der Waals surface area contributed by atoms with Gasteiger partial charge in [-0.05, 0) is 35.4 Å². The van der Waals surface area contributed by atoms with E-state index in [1.54, 1.807) is 11.8 Å². The maximum Gasteiger partial charge on any atom is 0.190 e. The SMILES string of the molecule is O=C(S)Cc1ccc(Sc2ccc(CC(=O)S)cc2)cc1. The Morgan fingerprint density at radius 3 is 1.33 bits per heavy atom. The first-order valence-electron chi connectivity index (χ1n) is 6.32. The molecule has 0 bridgehead atoms. The summed E-state index contributed by atoms with van der Waals surface area (Å²) >= 11 is 9.18. The van der Waals surface area contributed by atoms with Crippen LogP contribution in [0.15, 0.2) is 58.3 Å². The van der Waals surface area contributed by atoms with Crippen LogP contribution in [0.3, 0.4) is 0 Å². The maximum atomic E-state index is 10.9. The lowest BCUT2D eigenvalue weighted by Crippen LogP contribution is -1.93. The number of carbonyl (C=O) groups excluding carboxylic acids is 2. The average molecular weight is 334 g/mol. The third kappa shape index (κ3) is 5.61. The number of rotatable bonds is 6. The molecule has 0 unspecified atom stereocenters. The lowest BCUT2D eigenvalue weighted by molar-refractivity contribution is -0.111. The van der Waals surface area contributed by atoms with Crippen LogP contribution in [0.25, 0.3) is 0 Å². The van der Waals surface area contributed by atoms with Gasteiger partial charge in [-0.25, -0.2) is 0 Å². The molecule has 2 nitrogen and oxygen atoms in total. The van der Waals surface area contributed by atoms with Gasteiger partial charge in [0, 0.05) is 22.6 Å². The van der Waals surface area contributed by atoms with E-state index in [2.05, 4.69) is 25.3 Å². The summed E-state index contributed by atoms with van der Waals surface area (Å²) < 4.78 is 0. The van der Waals surface area contributed by atoms with Crippen molar-refractivity contribution >= 4 is 47.3 Å². The highest BCUT2D eigenvalue weighted by atomic mass is 32.2. The van der Waals surface area contributed by atoms with Crippen molar-refractivity contribution in [1.29, 1.82) is 0 Å². The predicted molar refractivity (Wildman–Crippen MR) is 92.4 cm³/mol. The Morgan fingerprint density at radius 2 is 1.05 bits per heavy atom. The molecule has 0 aliphatic rings. The molecule has 2 rings (SSSR count). The van der Waals surface area contributed by atoms with Gasteiger partial charge in [-0.15, -0.1) is 25.3 Å². The van der Waals surface area contributed by atoms with Crippen LogP contribution >= 0.6 is 37.0 Å². The number of thiol groups is 2. The molecular formula is C16H14O2S3. The second kappa shape index (κ2) is 7.73. The highest BCUT2D eigenvalue weighted by Gasteiger charge is 2.02. The molecule has 21 heavy (non-hydrogen) atoms. The molecule has 0 aliphatic heterocycles. The summed E-state index contributed by atoms with van der Waals surface area (Å²) in [5.41, 5.74) is 1.92. The van der Waals surface area contributed by atoms with E-state index in [1.165, 1.54) is 0 Å². The van der Waals surface area contributed by atoms with Crippen LogP contribution in [-0.2, 0) is 22.4 Å². The van der Waals surface area contributed by atoms with Gasteiger partial charge in [-0.1, -0.05) is 36.0 Å². The molecule has 0 spiro atoms. The third-order valence-electron chi connectivity index (χ3n) is 2.79. The fraction of sp³-hybridized carbons (Fsp3) is 0.125. The van der Waals surface area contributed by atoms with Crippen LogP contribution in [0.5, 0.6) is 0 Å². The summed E-state index contributed by atoms with van der Waals surface area (Å²) in [7, 11) is 0. The van der Waals surface area contributed by atoms with Gasteiger partial charge >= 0.3 is 0 Å². The first kappa shape index (κ1) is 16.2. The quantitative estimate of drug-likeness (QED) is 0.788. The molecule has 2 aromatic rings. The first-order chi connectivity index (χ1) is 10.0. The Labute approximate surface area is 139 Å². The molecule has 0 atom stereocenters. The molecule has 0 fully saturated rings. The molecule has 0 aliphatic carbocycles. The molecular weight excluding hydrogens is 320 g/mol. The van der Waals surface area contributed by atoms with Crippen molar-refractivity contribution in [1.82, 2.24) is 0 Å².